The van der Waals surface area contributed by atoms with E-state index < -0.39 is 6.10 Å². The molecule has 4 heteroatoms. The van der Waals surface area contributed by atoms with E-state index in [4.69, 9.17) is 9.72 Å². The Hall–Kier alpha value is -3.66. The van der Waals surface area contributed by atoms with Gasteiger partial charge < -0.3 is 4.74 Å². The summed E-state index contributed by atoms with van der Waals surface area (Å²) in [4.78, 5) is 17.0. The molecular formula is C25H22N2O2. The molecule has 3 aromatic carbocycles. The Morgan fingerprint density at radius 2 is 1.48 bits per heavy atom. The first kappa shape index (κ1) is 18.7. The zero-order valence-electron chi connectivity index (χ0n) is 16.2. The number of ether oxygens (including phenoxy) is 1. The minimum absolute atomic E-state index is 0.249. The molecule has 0 radical (unpaired) electrons. The molecule has 0 aliphatic carbocycles. The first-order valence-electron chi connectivity index (χ1n) is 9.71. The lowest BCUT2D eigenvalue weighted by Crippen LogP contribution is -2.15. The number of para-hydroxylation sites is 1. The molecule has 0 amide bonds. The number of esters is 1. The number of nitrogens with zero attached hydrogens (tertiary/aromatic N) is 2. The maximum absolute atomic E-state index is 12.2. The van der Waals surface area contributed by atoms with E-state index in [0.29, 0.717) is 6.42 Å². The summed E-state index contributed by atoms with van der Waals surface area (Å²) >= 11 is 0. The summed E-state index contributed by atoms with van der Waals surface area (Å²) in [5.74, 6) is 0.557. The van der Waals surface area contributed by atoms with Gasteiger partial charge in [0.05, 0.1) is 11.9 Å². The van der Waals surface area contributed by atoms with E-state index in [1.165, 1.54) is 0 Å². The number of hydrogen-bond acceptors (Lipinski definition) is 3. The molecule has 1 atom stereocenters. The first-order valence-corrected chi connectivity index (χ1v) is 9.71. The van der Waals surface area contributed by atoms with Crippen molar-refractivity contribution in [2.75, 3.05) is 0 Å². The van der Waals surface area contributed by atoms with Gasteiger partial charge in [0.1, 0.15) is 5.82 Å². The van der Waals surface area contributed by atoms with Crippen LogP contribution in [0.4, 0.5) is 0 Å². The molecule has 4 nitrogen and oxygen atoms in total. The van der Waals surface area contributed by atoms with E-state index in [1.807, 2.05) is 91.0 Å². The number of hydrogen-bond donors (Lipinski definition) is 0. The van der Waals surface area contributed by atoms with Crippen molar-refractivity contribution in [1.29, 1.82) is 0 Å². The van der Waals surface area contributed by atoms with E-state index in [9.17, 15) is 4.79 Å². The predicted molar refractivity (Wildman–Crippen MR) is 114 cm³/mol. The number of aromatic nitrogens is 2. The fraction of sp³-hybridized carbons (Fsp3) is 0.120. The van der Waals surface area contributed by atoms with Gasteiger partial charge >= 0.3 is 5.97 Å². The van der Waals surface area contributed by atoms with Crippen LogP contribution in [-0.2, 0) is 9.53 Å². The van der Waals surface area contributed by atoms with Crippen molar-refractivity contribution in [3.63, 3.8) is 0 Å². The number of benzene rings is 3. The molecule has 1 heterocycles. The van der Waals surface area contributed by atoms with Crippen LogP contribution in [0.2, 0.25) is 0 Å². The summed E-state index contributed by atoms with van der Waals surface area (Å²) < 4.78 is 7.95. The van der Waals surface area contributed by atoms with Gasteiger partial charge in [-0.15, -0.1) is 0 Å². The lowest BCUT2D eigenvalue weighted by molar-refractivity contribution is -0.147. The van der Waals surface area contributed by atoms with Crippen LogP contribution < -0.4 is 0 Å². The van der Waals surface area contributed by atoms with Gasteiger partial charge in [-0.05, 0) is 17.7 Å². The Kier molecular flexibility index (Phi) is 5.52. The smallest absolute Gasteiger partial charge is 0.306 e. The quantitative estimate of drug-likeness (QED) is 0.409. The van der Waals surface area contributed by atoms with Crippen LogP contribution in [0.15, 0.2) is 97.2 Å². The summed E-state index contributed by atoms with van der Waals surface area (Å²) in [6.45, 7) is 1.80. The summed E-state index contributed by atoms with van der Waals surface area (Å²) in [6, 6.07) is 29.8. The number of carbonyl (C=O) groups is 1. The molecule has 0 N–H and O–H groups in total. The molecule has 0 aliphatic rings. The van der Waals surface area contributed by atoms with E-state index >= 15 is 0 Å². The van der Waals surface area contributed by atoms with Gasteiger partial charge in [-0.25, -0.2) is 4.98 Å². The zero-order chi connectivity index (χ0) is 20.1. The summed E-state index contributed by atoms with van der Waals surface area (Å²) in [5.41, 5.74) is 3.68. The largest absolute Gasteiger partial charge is 0.451 e. The van der Waals surface area contributed by atoms with Crippen molar-refractivity contribution >= 4 is 5.97 Å². The Morgan fingerprint density at radius 1 is 0.897 bits per heavy atom. The third-order valence-corrected chi connectivity index (χ3v) is 4.74. The van der Waals surface area contributed by atoms with Gasteiger partial charge in [0.25, 0.3) is 0 Å². The van der Waals surface area contributed by atoms with Crippen LogP contribution in [0.1, 0.15) is 30.7 Å². The topological polar surface area (TPSA) is 44.1 Å². The van der Waals surface area contributed by atoms with Crippen LogP contribution in [-0.4, -0.2) is 15.5 Å². The molecule has 4 aromatic rings. The van der Waals surface area contributed by atoms with Crippen molar-refractivity contribution < 1.29 is 9.53 Å². The second-order valence-corrected chi connectivity index (χ2v) is 6.68. The Balaban J connectivity index is 1.91. The maximum Gasteiger partial charge on any atom is 0.306 e. The van der Waals surface area contributed by atoms with E-state index in [2.05, 4.69) is 4.57 Å². The molecule has 29 heavy (non-hydrogen) atoms. The van der Waals surface area contributed by atoms with Crippen LogP contribution in [0.3, 0.4) is 0 Å². The molecule has 144 valence electrons. The van der Waals surface area contributed by atoms with Gasteiger partial charge in [-0.2, -0.15) is 0 Å². The second-order valence-electron chi connectivity index (χ2n) is 6.68. The lowest BCUT2D eigenvalue weighted by Gasteiger charge is -2.21. The highest BCUT2D eigenvalue weighted by Gasteiger charge is 2.25. The normalized spacial score (nSPS) is 11.8. The predicted octanol–water partition coefficient (Wildman–Crippen LogP) is 5.58. The average molecular weight is 382 g/mol. The molecule has 1 aromatic heterocycles. The van der Waals surface area contributed by atoms with Gasteiger partial charge in [0.15, 0.2) is 6.10 Å². The number of imidazole rings is 1. The molecule has 0 saturated heterocycles. The Morgan fingerprint density at radius 3 is 2.10 bits per heavy atom. The zero-order valence-corrected chi connectivity index (χ0v) is 16.2. The summed E-state index contributed by atoms with van der Waals surface area (Å²) in [7, 11) is 0. The van der Waals surface area contributed by atoms with Crippen molar-refractivity contribution in [3.05, 3.63) is 108 Å². The van der Waals surface area contributed by atoms with Crippen LogP contribution in [0.25, 0.3) is 17.1 Å². The monoisotopic (exact) mass is 382 g/mol. The highest BCUT2D eigenvalue weighted by atomic mass is 16.5. The Labute approximate surface area is 170 Å². The van der Waals surface area contributed by atoms with E-state index in [-0.39, 0.29) is 5.97 Å². The van der Waals surface area contributed by atoms with Crippen molar-refractivity contribution in [3.8, 4) is 17.1 Å². The molecule has 0 fully saturated rings. The second kappa shape index (κ2) is 8.57. The minimum Gasteiger partial charge on any atom is -0.451 e. The Bertz CT molecular complexity index is 1070. The van der Waals surface area contributed by atoms with Crippen molar-refractivity contribution in [2.24, 2.45) is 0 Å². The molecule has 0 bridgehead atoms. The number of carbonyl (C=O) groups excluding carboxylic acids is 1. The SMILES string of the molecule is CCC(=O)OC(c1ccccc1)c1cnc(-c2ccccc2)n1-c1ccccc1. The van der Waals surface area contributed by atoms with Crippen molar-refractivity contribution in [1.82, 2.24) is 9.55 Å². The van der Waals surface area contributed by atoms with Gasteiger partial charge in [-0.3, -0.25) is 9.36 Å². The van der Waals surface area contributed by atoms with Gasteiger partial charge in [0.2, 0.25) is 0 Å². The van der Waals surface area contributed by atoms with Crippen LogP contribution in [0, 0.1) is 0 Å². The molecule has 1 unspecified atom stereocenters. The van der Waals surface area contributed by atoms with Crippen molar-refractivity contribution in [2.45, 2.75) is 19.4 Å². The number of rotatable bonds is 6. The van der Waals surface area contributed by atoms with Crippen LogP contribution >= 0.6 is 0 Å². The van der Waals surface area contributed by atoms with E-state index in [0.717, 1.165) is 28.3 Å². The lowest BCUT2D eigenvalue weighted by atomic mass is 10.1. The third kappa shape index (κ3) is 3.97. The van der Waals surface area contributed by atoms with E-state index in [1.54, 1.807) is 13.1 Å². The summed E-state index contributed by atoms with van der Waals surface area (Å²) in [6.07, 6.45) is 1.57. The van der Waals surface area contributed by atoms with Gasteiger partial charge in [-0.1, -0.05) is 85.8 Å². The highest BCUT2D eigenvalue weighted by Crippen LogP contribution is 2.32. The average Bonchev–Trinajstić information content (AvgIpc) is 3.24. The standard InChI is InChI=1S/C25H22N2O2/c1-2-23(28)29-24(19-12-6-3-7-13-19)22-18-26-25(20-14-8-4-9-15-20)27(22)21-16-10-5-11-17-21/h3-18,24H,2H2,1H3. The van der Waals surface area contributed by atoms with Gasteiger partial charge in [0, 0.05) is 17.7 Å². The van der Waals surface area contributed by atoms with Crippen LogP contribution in [0.5, 0.6) is 0 Å². The first-order chi connectivity index (χ1) is 14.3. The molecule has 0 saturated carbocycles. The molecule has 4 rings (SSSR count). The fourth-order valence-electron chi connectivity index (χ4n) is 3.33. The minimum atomic E-state index is -0.547. The maximum atomic E-state index is 12.2. The third-order valence-electron chi connectivity index (χ3n) is 4.74. The summed E-state index contributed by atoms with van der Waals surface area (Å²) in [5, 5.41) is 0. The molecule has 0 spiro atoms. The molecule has 0 aliphatic heterocycles. The molecular weight excluding hydrogens is 360 g/mol. The fourth-order valence-corrected chi connectivity index (χ4v) is 3.33. The highest BCUT2D eigenvalue weighted by molar-refractivity contribution is 5.70.